The fourth-order valence-electron chi connectivity index (χ4n) is 2.35. The fraction of sp³-hybridized carbons (Fsp3) is 0.316. The van der Waals surface area contributed by atoms with Gasteiger partial charge >= 0.3 is 0 Å². The lowest BCUT2D eigenvalue weighted by Crippen LogP contribution is -2.29. The normalized spacial score (nSPS) is 13.0. The molecule has 1 amide bonds. The Bertz CT molecular complexity index is 645. The molecular formula is C19H23ClN2O2. The number of anilines is 1. The van der Waals surface area contributed by atoms with Crippen molar-refractivity contribution in [2.45, 2.75) is 19.4 Å². The van der Waals surface area contributed by atoms with Crippen LogP contribution in [0.5, 0.6) is 5.75 Å². The molecule has 2 aromatic carbocycles. The van der Waals surface area contributed by atoms with Crippen LogP contribution in [0, 0.1) is 5.92 Å². The Morgan fingerprint density at radius 1 is 1.04 bits per heavy atom. The summed E-state index contributed by atoms with van der Waals surface area (Å²) in [4.78, 5) is 12.0. The molecule has 0 bridgehead atoms. The molecule has 0 aliphatic heterocycles. The molecule has 0 unspecified atom stereocenters. The summed E-state index contributed by atoms with van der Waals surface area (Å²) in [5.41, 5.74) is 1.77. The second-order valence-corrected chi connectivity index (χ2v) is 5.88. The molecule has 4 nitrogen and oxygen atoms in total. The van der Waals surface area contributed by atoms with Crippen LogP contribution in [-0.2, 0) is 11.4 Å². The van der Waals surface area contributed by atoms with Gasteiger partial charge in [0.05, 0.1) is 6.54 Å². The molecule has 2 N–H and O–H groups in total. The van der Waals surface area contributed by atoms with Gasteiger partial charge in [0, 0.05) is 11.3 Å². The number of amides is 1. The summed E-state index contributed by atoms with van der Waals surface area (Å²) >= 11 is 0. The van der Waals surface area contributed by atoms with Crippen LogP contribution in [0.2, 0.25) is 0 Å². The van der Waals surface area contributed by atoms with Crippen molar-refractivity contribution in [1.29, 1.82) is 0 Å². The van der Waals surface area contributed by atoms with Crippen LogP contribution in [-0.4, -0.2) is 19.0 Å². The van der Waals surface area contributed by atoms with E-state index < -0.39 is 0 Å². The van der Waals surface area contributed by atoms with Crippen molar-refractivity contribution in [3.63, 3.8) is 0 Å². The summed E-state index contributed by atoms with van der Waals surface area (Å²) in [6.45, 7) is 1.71. The third-order valence-corrected chi connectivity index (χ3v) is 3.84. The smallest absolute Gasteiger partial charge is 0.238 e. The summed E-state index contributed by atoms with van der Waals surface area (Å²) in [7, 11) is 0. The molecule has 5 heteroatoms. The van der Waals surface area contributed by atoms with E-state index in [9.17, 15) is 4.79 Å². The predicted octanol–water partition coefficient (Wildman–Crippen LogP) is 3.63. The number of carbonyl (C=O) groups excluding carboxylic acids is 1. The molecule has 3 rings (SSSR count). The number of benzene rings is 2. The molecular weight excluding hydrogens is 324 g/mol. The molecule has 1 fully saturated rings. The first-order chi connectivity index (χ1) is 11.3. The Kier molecular flexibility index (Phi) is 7.09. The predicted molar refractivity (Wildman–Crippen MR) is 98.7 cm³/mol. The maximum atomic E-state index is 12.0. The monoisotopic (exact) mass is 346 g/mol. The van der Waals surface area contributed by atoms with Gasteiger partial charge in [-0.05, 0) is 43.5 Å². The van der Waals surface area contributed by atoms with Gasteiger partial charge in [0.1, 0.15) is 12.4 Å². The minimum Gasteiger partial charge on any atom is -0.489 e. The number of ether oxygens (including phenoxy) is 1. The highest BCUT2D eigenvalue weighted by Crippen LogP contribution is 2.27. The molecule has 0 atom stereocenters. The van der Waals surface area contributed by atoms with Gasteiger partial charge in [-0.2, -0.15) is 0 Å². The SMILES string of the molecule is Cl.O=C(CNCC1CC1)Nc1ccccc1COc1ccccc1. The van der Waals surface area contributed by atoms with E-state index in [1.165, 1.54) is 12.8 Å². The number of hydrogen-bond acceptors (Lipinski definition) is 3. The third-order valence-electron chi connectivity index (χ3n) is 3.84. The number of hydrogen-bond donors (Lipinski definition) is 2. The topological polar surface area (TPSA) is 50.4 Å². The zero-order chi connectivity index (χ0) is 15.9. The number of rotatable bonds is 8. The summed E-state index contributed by atoms with van der Waals surface area (Å²) in [6, 6.07) is 17.4. The molecule has 0 aromatic heterocycles. The molecule has 1 saturated carbocycles. The van der Waals surface area contributed by atoms with Gasteiger partial charge in [0.15, 0.2) is 0 Å². The van der Waals surface area contributed by atoms with Crippen molar-refractivity contribution >= 4 is 24.0 Å². The Balaban J connectivity index is 0.00000208. The zero-order valence-electron chi connectivity index (χ0n) is 13.5. The van der Waals surface area contributed by atoms with E-state index in [1.54, 1.807) is 0 Å². The first kappa shape index (κ1) is 18.3. The maximum Gasteiger partial charge on any atom is 0.238 e. The van der Waals surface area contributed by atoms with Crippen LogP contribution >= 0.6 is 12.4 Å². The molecule has 2 aromatic rings. The summed E-state index contributed by atoms with van der Waals surface area (Å²) in [6.07, 6.45) is 2.57. The van der Waals surface area contributed by atoms with Gasteiger partial charge in [0.2, 0.25) is 5.91 Å². The zero-order valence-corrected chi connectivity index (χ0v) is 14.4. The molecule has 1 aliphatic carbocycles. The van der Waals surface area contributed by atoms with E-state index in [2.05, 4.69) is 10.6 Å². The van der Waals surface area contributed by atoms with E-state index in [0.29, 0.717) is 13.2 Å². The molecule has 24 heavy (non-hydrogen) atoms. The fourth-order valence-corrected chi connectivity index (χ4v) is 2.35. The average molecular weight is 347 g/mol. The van der Waals surface area contributed by atoms with Crippen molar-refractivity contribution < 1.29 is 9.53 Å². The van der Waals surface area contributed by atoms with Crippen molar-refractivity contribution in [1.82, 2.24) is 5.32 Å². The standard InChI is InChI=1S/C19H22N2O2.ClH/c22-19(13-20-12-15-10-11-15)21-18-9-5-4-6-16(18)14-23-17-7-2-1-3-8-17;/h1-9,15,20H,10-14H2,(H,21,22);1H. The number of nitrogens with one attached hydrogen (secondary N) is 2. The molecule has 0 spiro atoms. The van der Waals surface area contributed by atoms with Gasteiger partial charge in [-0.1, -0.05) is 36.4 Å². The van der Waals surface area contributed by atoms with Gasteiger partial charge in [-0.3, -0.25) is 4.79 Å². The number of halogens is 1. The molecule has 128 valence electrons. The Morgan fingerprint density at radius 2 is 1.75 bits per heavy atom. The average Bonchev–Trinajstić information content (AvgIpc) is 3.39. The third kappa shape index (κ3) is 5.87. The molecule has 1 aliphatic rings. The van der Waals surface area contributed by atoms with Crippen molar-refractivity contribution in [3.8, 4) is 5.75 Å². The van der Waals surface area contributed by atoms with E-state index in [1.807, 2.05) is 54.6 Å². The Hall–Kier alpha value is -2.04. The first-order valence-electron chi connectivity index (χ1n) is 8.07. The van der Waals surface area contributed by atoms with Gasteiger partial charge in [-0.25, -0.2) is 0 Å². The lowest BCUT2D eigenvalue weighted by molar-refractivity contribution is -0.115. The lowest BCUT2D eigenvalue weighted by atomic mass is 10.2. The summed E-state index contributed by atoms with van der Waals surface area (Å²) in [5.74, 6) is 1.58. The number of carbonyl (C=O) groups is 1. The van der Waals surface area contributed by atoms with E-state index >= 15 is 0 Å². The van der Waals surface area contributed by atoms with Crippen LogP contribution in [0.3, 0.4) is 0 Å². The summed E-state index contributed by atoms with van der Waals surface area (Å²) in [5, 5.41) is 6.16. The largest absolute Gasteiger partial charge is 0.489 e. The van der Waals surface area contributed by atoms with Crippen LogP contribution < -0.4 is 15.4 Å². The minimum absolute atomic E-state index is 0. The van der Waals surface area contributed by atoms with Crippen LogP contribution in [0.4, 0.5) is 5.69 Å². The lowest BCUT2D eigenvalue weighted by Gasteiger charge is -2.12. The summed E-state index contributed by atoms with van der Waals surface area (Å²) < 4.78 is 5.77. The highest BCUT2D eigenvalue weighted by atomic mass is 35.5. The van der Waals surface area contributed by atoms with Crippen LogP contribution in [0.25, 0.3) is 0 Å². The second kappa shape index (κ2) is 9.30. The van der Waals surface area contributed by atoms with E-state index in [-0.39, 0.29) is 18.3 Å². The molecule has 0 radical (unpaired) electrons. The highest BCUT2D eigenvalue weighted by Gasteiger charge is 2.20. The van der Waals surface area contributed by atoms with Crippen LogP contribution in [0.15, 0.2) is 54.6 Å². The van der Waals surface area contributed by atoms with Crippen molar-refractivity contribution in [2.75, 3.05) is 18.4 Å². The van der Waals surface area contributed by atoms with E-state index in [0.717, 1.165) is 29.5 Å². The second-order valence-electron chi connectivity index (χ2n) is 5.88. The van der Waals surface area contributed by atoms with Crippen LogP contribution in [0.1, 0.15) is 18.4 Å². The van der Waals surface area contributed by atoms with Gasteiger partial charge < -0.3 is 15.4 Å². The first-order valence-corrected chi connectivity index (χ1v) is 8.07. The molecule has 0 heterocycles. The Labute approximate surface area is 149 Å². The maximum absolute atomic E-state index is 12.0. The quantitative estimate of drug-likeness (QED) is 0.767. The number of para-hydroxylation sites is 2. The van der Waals surface area contributed by atoms with Crippen molar-refractivity contribution in [2.24, 2.45) is 5.92 Å². The molecule has 0 saturated heterocycles. The van der Waals surface area contributed by atoms with E-state index in [4.69, 9.17) is 4.74 Å². The van der Waals surface area contributed by atoms with Gasteiger partial charge in [-0.15, -0.1) is 12.4 Å². The van der Waals surface area contributed by atoms with Crippen molar-refractivity contribution in [3.05, 3.63) is 60.2 Å². The van der Waals surface area contributed by atoms with Gasteiger partial charge in [0.25, 0.3) is 0 Å². The Morgan fingerprint density at radius 3 is 2.50 bits per heavy atom. The highest BCUT2D eigenvalue weighted by molar-refractivity contribution is 5.92. The minimum atomic E-state index is -0.0159.